The first-order valence-corrected chi connectivity index (χ1v) is 4.87. The number of carboxylic acid groups (broad SMARTS) is 1. The van der Waals surface area contributed by atoms with E-state index in [1.54, 1.807) is 0 Å². The topological polar surface area (TPSA) is 83.3 Å². The Kier molecular flexibility index (Phi) is 2.47. The normalized spacial score (nSPS) is 10.6. The number of rotatable bonds is 1. The molecule has 1 aromatic heterocycles. The number of aromatic carboxylic acids is 1. The largest absolute Gasteiger partial charge is 0.505 e. The van der Waals surface area contributed by atoms with E-state index in [-0.39, 0.29) is 15.4 Å². The fraction of sp³-hybridized carbons (Fsp3) is 0. The van der Waals surface area contributed by atoms with E-state index in [2.05, 4.69) is 26.1 Å². The molecule has 0 unspecified atom stereocenters. The third-order valence-electron chi connectivity index (χ3n) is 1.98. The Balaban J connectivity index is 2.84. The van der Waals surface area contributed by atoms with Gasteiger partial charge in [-0.05, 0) is 22.0 Å². The van der Waals surface area contributed by atoms with Gasteiger partial charge in [0.05, 0.1) is 9.99 Å². The van der Waals surface area contributed by atoms with Crippen molar-refractivity contribution in [2.24, 2.45) is 0 Å². The molecule has 82 valence electrons. The highest BCUT2D eigenvalue weighted by atomic mass is 79.9. The molecule has 5 nitrogen and oxygen atoms in total. The van der Waals surface area contributed by atoms with Crippen LogP contribution in [0, 0.1) is 5.82 Å². The molecule has 0 bridgehead atoms. The fourth-order valence-corrected chi connectivity index (χ4v) is 1.57. The number of benzene rings is 1. The van der Waals surface area contributed by atoms with Crippen LogP contribution in [-0.4, -0.2) is 26.4 Å². The zero-order valence-electron chi connectivity index (χ0n) is 7.61. The number of hydrogen-bond donors (Lipinski definition) is 2. The minimum absolute atomic E-state index is 0.0863. The van der Waals surface area contributed by atoms with Gasteiger partial charge < -0.3 is 10.2 Å². The van der Waals surface area contributed by atoms with Crippen LogP contribution < -0.4 is 0 Å². The molecule has 0 saturated carbocycles. The summed E-state index contributed by atoms with van der Waals surface area (Å²) in [5.74, 6) is -2.49. The Morgan fingerprint density at radius 1 is 1.38 bits per heavy atom. The zero-order chi connectivity index (χ0) is 11.9. The number of hydrogen-bond acceptors (Lipinski definition) is 4. The van der Waals surface area contributed by atoms with Gasteiger partial charge in [-0.3, -0.25) is 0 Å². The monoisotopic (exact) mass is 286 g/mol. The van der Waals surface area contributed by atoms with Crippen molar-refractivity contribution in [1.29, 1.82) is 0 Å². The second-order valence-corrected chi connectivity index (χ2v) is 3.84. The van der Waals surface area contributed by atoms with Crippen LogP contribution in [0.2, 0.25) is 0 Å². The summed E-state index contributed by atoms with van der Waals surface area (Å²) in [5, 5.41) is 25.2. The lowest BCUT2D eigenvalue weighted by atomic mass is 10.2. The SMILES string of the molecule is O=C(O)c1nnc2cc(F)c(Br)cc2c1O. The maximum Gasteiger partial charge on any atom is 0.360 e. The van der Waals surface area contributed by atoms with Crippen molar-refractivity contribution in [3.05, 3.63) is 28.1 Å². The first kappa shape index (κ1) is 10.7. The predicted octanol–water partition coefficient (Wildman–Crippen LogP) is 1.94. The van der Waals surface area contributed by atoms with Gasteiger partial charge in [-0.2, -0.15) is 0 Å². The fourth-order valence-electron chi connectivity index (χ4n) is 1.23. The summed E-state index contributed by atoms with van der Waals surface area (Å²) in [4.78, 5) is 10.7. The summed E-state index contributed by atoms with van der Waals surface area (Å²) in [5.41, 5.74) is -0.478. The summed E-state index contributed by atoms with van der Waals surface area (Å²) in [7, 11) is 0. The van der Waals surface area contributed by atoms with Crippen molar-refractivity contribution in [1.82, 2.24) is 10.2 Å². The van der Waals surface area contributed by atoms with Crippen molar-refractivity contribution in [2.45, 2.75) is 0 Å². The van der Waals surface area contributed by atoms with E-state index in [1.807, 2.05) is 0 Å². The molecule has 0 aliphatic rings. The Hall–Kier alpha value is -1.76. The molecule has 0 spiro atoms. The number of aromatic nitrogens is 2. The van der Waals surface area contributed by atoms with Crippen LogP contribution >= 0.6 is 15.9 Å². The number of carboxylic acids is 1. The smallest absolute Gasteiger partial charge is 0.360 e. The molecule has 0 amide bonds. The van der Waals surface area contributed by atoms with Crippen LogP contribution in [-0.2, 0) is 0 Å². The van der Waals surface area contributed by atoms with Crippen molar-refractivity contribution in [2.75, 3.05) is 0 Å². The van der Waals surface area contributed by atoms with Crippen LogP contribution in [0.3, 0.4) is 0 Å². The Morgan fingerprint density at radius 2 is 2.06 bits per heavy atom. The van der Waals surface area contributed by atoms with Crippen molar-refractivity contribution in [3.63, 3.8) is 0 Å². The Labute approximate surface area is 96.7 Å². The maximum atomic E-state index is 13.1. The summed E-state index contributed by atoms with van der Waals surface area (Å²) < 4.78 is 13.2. The van der Waals surface area contributed by atoms with E-state index >= 15 is 0 Å². The minimum atomic E-state index is -1.40. The zero-order valence-corrected chi connectivity index (χ0v) is 9.19. The van der Waals surface area contributed by atoms with Crippen LogP contribution in [0.15, 0.2) is 16.6 Å². The molecular formula is C9H4BrFN2O3. The lowest BCUT2D eigenvalue weighted by Gasteiger charge is -2.03. The molecule has 2 rings (SSSR count). The van der Waals surface area contributed by atoms with Gasteiger partial charge in [-0.1, -0.05) is 0 Å². The van der Waals surface area contributed by atoms with Crippen LogP contribution in [0.4, 0.5) is 4.39 Å². The molecule has 0 radical (unpaired) electrons. The molecule has 16 heavy (non-hydrogen) atoms. The molecule has 0 aliphatic carbocycles. The van der Waals surface area contributed by atoms with Gasteiger partial charge in [-0.15, -0.1) is 10.2 Å². The summed E-state index contributed by atoms with van der Waals surface area (Å²) in [6, 6.07) is 2.30. The van der Waals surface area contributed by atoms with Gasteiger partial charge in [-0.25, -0.2) is 9.18 Å². The summed E-state index contributed by atoms with van der Waals surface area (Å²) in [6.45, 7) is 0. The number of nitrogens with zero attached hydrogens (tertiary/aromatic N) is 2. The van der Waals surface area contributed by atoms with Crippen molar-refractivity contribution < 1.29 is 19.4 Å². The first-order valence-electron chi connectivity index (χ1n) is 4.08. The number of aromatic hydroxyl groups is 1. The van der Waals surface area contributed by atoms with Crippen molar-refractivity contribution >= 4 is 32.8 Å². The average Bonchev–Trinajstić information content (AvgIpc) is 2.21. The van der Waals surface area contributed by atoms with Gasteiger partial charge in [0.15, 0.2) is 5.75 Å². The van der Waals surface area contributed by atoms with Gasteiger partial charge in [0.25, 0.3) is 0 Å². The maximum absolute atomic E-state index is 13.1. The molecule has 0 fully saturated rings. The Bertz CT molecular complexity index is 603. The number of fused-ring (bicyclic) bond motifs is 1. The minimum Gasteiger partial charge on any atom is -0.505 e. The molecule has 2 N–H and O–H groups in total. The number of carbonyl (C=O) groups is 1. The second-order valence-electron chi connectivity index (χ2n) is 2.99. The molecule has 1 aromatic carbocycles. The van der Waals surface area contributed by atoms with E-state index in [9.17, 15) is 14.3 Å². The van der Waals surface area contributed by atoms with E-state index < -0.39 is 23.2 Å². The van der Waals surface area contributed by atoms with E-state index in [0.29, 0.717) is 0 Å². The van der Waals surface area contributed by atoms with Crippen LogP contribution in [0.25, 0.3) is 10.9 Å². The summed E-state index contributed by atoms with van der Waals surface area (Å²) in [6.07, 6.45) is 0. The van der Waals surface area contributed by atoms with Crippen LogP contribution in [0.1, 0.15) is 10.5 Å². The quantitative estimate of drug-likeness (QED) is 0.837. The van der Waals surface area contributed by atoms with Gasteiger partial charge >= 0.3 is 5.97 Å². The van der Waals surface area contributed by atoms with E-state index in [1.165, 1.54) is 6.07 Å². The van der Waals surface area contributed by atoms with E-state index in [4.69, 9.17) is 5.11 Å². The number of halogens is 2. The molecule has 0 aliphatic heterocycles. The average molecular weight is 287 g/mol. The molecule has 2 aromatic rings. The van der Waals surface area contributed by atoms with E-state index in [0.717, 1.165) is 6.07 Å². The molecule has 1 heterocycles. The molecular weight excluding hydrogens is 283 g/mol. The first-order chi connectivity index (χ1) is 7.50. The highest BCUT2D eigenvalue weighted by Crippen LogP contribution is 2.29. The van der Waals surface area contributed by atoms with Crippen LogP contribution in [0.5, 0.6) is 5.75 Å². The molecule has 0 atom stereocenters. The highest BCUT2D eigenvalue weighted by Gasteiger charge is 2.17. The third kappa shape index (κ3) is 1.58. The van der Waals surface area contributed by atoms with Crippen molar-refractivity contribution in [3.8, 4) is 5.75 Å². The lowest BCUT2D eigenvalue weighted by molar-refractivity contribution is 0.0686. The highest BCUT2D eigenvalue weighted by molar-refractivity contribution is 9.10. The molecule has 0 saturated heterocycles. The molecule has 7 heteroatoms. The summed E-state index contributed by atoms with van der Waals surface area (Å²) >= 11 is 2.93. The third-order valence-corrected chi connectivity index (χ3v) is 2.59. The second kappa shape index (κ2) is 3.67. The predicted molar refractivity (Wildman–Crippen MR) is 55.8 cm³/mol. The van der Waals surface area contributed by atoms with Gasteiger partial charge in [0, 0.05) is 11.5 Å². The standard InChI is InChI=1S/C9H4BrFN2O3/c10-4-1-3-6(2-5(4)11)12-13-7(8(3)14)9(15)16/h1-2H,(H,12,14)(H,15,16). The van der Waals surface area contributed by atoms with Gasteiger partial charge in [0.1, 0.15) is 5.82 Å². The Morgan fingerprint density at radius 3 is 2.69 bits per heavy atom. The van der Waals surface area contributed by atoms with Gasteiger partial charge in [0.2, 0.25) is 5.69 Å². The lowest BCUT2D eigenvalue weighted by Crippen LogP contribution is -2.03.